The molecule has 3 aromatic carbocycles. The highest BCUT2D eigenvalue weighted by Crippen LogP contribution is 2.31. The Balaban J connectivity index is 1.73. The Kier molecular flexibility index (Phi) is 5.17. The maximum absolute atomic E-state index is 14.3. The minimum absolute atomic E-state index is 0.433. The number of halogens is 3. The number of imidazole rings is 1. The molecule has 0 aliphatic heterocycles. The van der Waals surface area contributed by atoms with Crippen molar-refractivity contribution in [1.29, 1.82) is 5.26 Å². The molecule has 0 saturated heterocycles. The highest BCUT2D eigenvalue weighted by molar-refractivity contribution is 6.31. The Morgan fingerprint density at radius 3 is 2.65 bits per heavy atom. The zero-order chi connectivity index (χ0) is 22.3. The van der Waals surface area contributed by atoms with E-state index in [1.807, 2.05) is 13.0 Å². The summed E-state index contributed by atoms with van der Waals surface area (Å²) in [6.07, 6.45) is 0. The van der Waals surface area contributed by atoms with Crippen molar-refractivity contribution in [3.8, 4) is 17.5 Å². The van der Waals surface area contributed by atoms with Crippen LogP contribution in [0.1, 0.15) is 27.0 Å². The van der Waals surface area contributed by atoms with E-state index >= 15 is 0 Å². The number of aromatic nitrogens is 2. The molecular formula is C23H15ClF2N4O. The molecule has 31 heavy (non-hydrogen) atoms. The van der Waals surface area contributed by atoms with Gasteiger partial charge in [0, 0.05) is 16.3 Å². The number of fused-ring (bicyclic) bond motifs is 1. The first-order valence-electron chi connectivity index (χ1n) is 9.25. The van der Waals surface area contributed by atoms with Crippen LogP contribution < -0.4 is 5.32 Å². The fraction of sp³-hybridized carbons (Fsp3) is 0.0870. The third-order valence-electron chi connectivity index (χ3n) is 4.95. The first kappa shape index (κ1) is 20.5. The van der Waals surface area contributed by atoms with Crippen LogP contribution in [0.2, 0.25) is 5.02 Å². The van der Waals surface area contributed by atoms with Gasteiger partial charge in [0.1, 0.15) is 11.9 Å². The fourth-order valence-electron chi connectivity index (χ4n) is 3.34. The summed E-state index contributed by atoms with van der Waals surface area (Å²) >= 11 is 6.04. The van der Waals surface area contributed by atoms with Crippen molar-refractivity contribution in [2.45, 2.75) is 13.8 Å². The van der Waals surface area contributed by atoms with Crippen LogP contribution in [0, 0.1) is 36.8 Å². The van der Waals surface area contributed by atoms with Crippen molar-refractivity contribution >= 4 is 34.2 Å². The molecule has 0 saturated carbocycles. The van der Waals surface area contributed by atoms with Gasteiger partial charge in [-0.2, -0.15) is 5.26 Å². The third-order valence-corrected chi connectivity index (χ3v) is 5.18. The summed E-state index contributed by atoms with van der Waals surface area (Å²) in [6.45, 7) is 3.64. The van der Waals surface area contributed by atoms with E-state index in [-0.39, 0.29) is 0 Å². The predicted molar refractivity (Wildman–Crippen MR) is 115 cm³/mol. The molecule has 0 atom stereocenters. The van der Waals surface area contributed by atoms with Crippen LogP contribution in [0.4, 0.5) is 14.5 Å². The number of amides is 1. The quantitative estimate of drug-likeness (QED) is 0.419. The van der Waals surface area contributed by atoms with E-state index in [1.165, 1.54) is 0 Å². The van der Waals surface area contributed by atoms with Gasteiger partial charge in [0.2, 0.25) is 0 Å². The monoisotopic (exact) mass is 436 g/mol. The molecule has 1 aromatic heterocycles. The molecule has 1 amide bonds. The number of nitrogens with zero attached hydrogens (tertiary/aromatic N) is 2. The molecular weight excluding hydrogens is 422 g/mol. The number of aromatic amines is 1. The van der Waals surface area contributed by atoms with Gasteiger partial charge in [-0.25, -0.2) is 13.8 Å². The molecule has 0 spiro atoms. The van der Waals surface area contributed by atoms with E-state index < -0.39 is 28.7 Å². The summed E-state index contributed by atoms with van der Waals surface area (Å²) in [5, 5.41) is 12.0. The zero-order valence-corrected chi connectivity index (χ0v) is 17.2. The van der Waals surface area contributed by atoms with Gasteiger partial charge < -0.3 is 10.3 Å². The standard InChI is InChI=1S/C23H15ClF2N4O/c1-11-7-16(22-28-17-6-4-14(24)9-19(17)29-22)12(2)18(8-11)30-23(31)15-5-3-13(10-27)20(25)21(15)26/h3-9H,1-2H3,(H,28,29)(H,30,31). The Labute approximate surface area is 181 Å². The maximum atomic E-state index is 14.3. The number of carbonyl (C=O) groups excluding carboxylic acids is 1. The number of rotatable bonds is 3. The third kappa shape index (κ3) is 3.74. The SMILES string of the molecule is Cc1cc(NC(=O)c2ccc(C#N)c(F)c2F)c(C)c(-c2nc3ccc(Cl)cc3[nH]2)c1. The highest BCUT2D eigenvalue weighted by Gasteiger charge is 2.20. The smallest absolute Gasteiger partial charge is 0.258 e. The number of hydrogen-bond donors (Lipinski definition) is 2. The van der Waals surface area contributed by atoms with Gasteiger partial charge in [0.05, 0.1) is 22.2 Å². The number of anilines is 1. The van der Waals surface area contributed by atoms with Crippen molar-refractivity contribution in [3.63, 3.8) is 0 Å². The first-order valence-corrected chi connectivity index (χ1v) is 9.62. The van der Waals surface area contributed by atoms with E-state index in [0.717, 1.165) is 34.3 Å². The number of nitrogens with one attached hydrogen (secondary N) is 2. The molecule has 0 bridgehead atoms. The Morgan fingerprint density at radius 2 is 1.90 bits per heavy atom. The van der Waals surface area contributed by atoms with Crippen LogP contribution in [0.15, 0.2) is 42.5 Å². The average molecular weight is 437 g/mol. The van der Waals surface area contributed by atoms with Crippen LogP contribution >= 0.6 is 11.6 Å². The minimum atomic E-state index is -1.36. The lowest BCUT2D eigenvalue weighted by atomic mass is 10.0. The average Bonchev–Trinajstić information content (AvgIpc) is 3.15. The van der Waals surface area contributed by atoms with Gasteiger partial charge >= 0.3 is 0 Å². The topological polar surface area (TPSA) is 81.6 Å². The second-order valence-corrected chi connectivity index (χ2v) is 7.52. The van der Waals surface area contributed by atoms with Crippen LogP contribution in [-0.4, -0.2) is 15.9 Å². The first-order chi connectivity index (χ1) is 14.8. The number of aryl methyl sites for hydroxylation is 1. The van der Waals surface area contributed by atoms with Gasteiger partial charge in [-0.15, -0.1) is 0 Å². The minimum Gasteiger partial charge on any atom is -0.338 e. The summed E-state index contributed by atoms with van der Waals surface area (Å²) in [6, 6.07) is 12.6. The van der Waals surface area contributed by atoms with Crippen molar-refractivity contribution in [3.05, 3.63) is 81.4 Å². The van der Waals surface area contributed by atoms with Gasteiger partial charge in [-0.3, -0.25) is 4.79 Å². The predicted octanol–water partition coefficient (Wildman–Crippen LogP) is 5.90. The lowest BCUT2D eigenvalue weighted by Gasteiger charge is -2.14. The van der Waals surface area contributed by atoms with Gasteiger partial charge in [-0.05, 0) is 67.4 Å². The summed E-state index contributed by atoms with van der Waals surface area (Å²) in [7, 11) is 0. The maximum Gasteiger partial charge on any atom is 0.258 e. The second kappa shape index (κ2) is 7.82. The Bertz CT molecular complexity index is 1410. The lowest BCUT2D eigenvalue weighted by Crippen LogP contribution is -2.16. The molecule has 5 nitrogen and oxygen atoms in total. The van der Waals surface area contributed by atoms with E-state index in [2.05, 4.69) is 15.3 Å². The molecule has 2 N–H and O–H groups in total. The number of H-pyrrole nitrogens is 1. The molecule has 0 fully saturated rings. The summed E-state index contributed by atoms with van der Waals surface area (Å²) in [4.78, 5) is 20.4. The number of nitriles is 1. The number of carbonyl (C=O) groups is 1. The summed E-state index contributed by atoms with van der Waals surface area (Å²) in [5.74, 6) is -2.95. The largest absolute Gasteiger partial charge is 0.338 e. The van der Waals surface area contributed by atoms with E-state index in [9.17, 15) is 13.6 Å². The molecule has 0 unspecified atom stereocenters. The lowest BCUT2D eigenvalue weighted by molar-refractivity contribution is 0.102. The van der Waals surface area contributed by atoms with E-state index in [1.54, 1.807) is 37.3 Å². The fourth-order valence-corrected chi connectivity index (χ4v) is 3.52. The van der Waals surface area contributed by atoms with Crippen molar-refractivity contribution in [2.75, 3.05) is 5.32 Å². The van der Waals surface area contributed by atoms with Crippen LogP contribution in [0.5, 0.6) is 0 Å². The molecule has 4 aromatic rings. The van der Waals surface area contributed by atoms with Crippen LogP contribution in [0.3, 0.4) is 0 Å². The molecule has 0 radical (unpaired) electrons. The van der Waals surface area contributed by atoms with E-state index in [4.69, 9.17) is 16.9 Å². The molecule has 1 heterocycles. The van der Waals surface area contributed by atoms with Crippen LogP contribution in [0.25, 0.3) is 22.4 Å². The molecule has 0 aliphatic rings. The highest BCUT2D eigenvalue weighted by atomic mass is 35.5. The molecule has 154 valence electrons. The summed E-state index contributed by atoms with van der Waals surface area (Å²) in [5.41, 5.74) is 3.26. The number of hydrogen-bond acceptors (Lipinski definition) is 3. The Hall–Kier alpha value is -3.76. The van der Waals surface area contributed by atoms with Gasteiger partial charge in [-0.1, -0.05) is 11.6 Å². The number of benzene rings is 3. The Morgan fingerprint density at radius 1 is 1.13 bits per heavy atom. The zero-order valence-electron chi connectivity index (χ0n) is 16.5. The molecule has 8 heteroatoms. The van der Waals surface area contributed by atoms with Crippen molar-refractivity contribution in [1.82, 2.24) is 9.97 Å². The van der Waals surface area contributed by atoms with Gasteiger partial charge in [0.25, 0.3) is 5.91 Å². The second-order valence-electron chi connectivity index (χ2n) is 7.09. The normalized spacial score (nSPS) is 10.8. The summed E-state index contributed by atoms with van der Waals surface area (Å²) < 4.78 is 28.2. The molecule has 0 aliphatic carbocycles. The van der Waals surface area contributed by atoms with Gasteiger partial charge in [0.15, 0.2) is 11.6 Å². The van der Waals surface area contributed by atoms with Crippen LogP contribution in [-0.2, 0) is 0 Å². The van der Waals surface area contributed by atoms with Crippen molar-refractivity contribution in [2.24, 2.45) is 0 Å². The molecule has 4 rings (SSSR count). The van der Waals surface area contributed by atoms with Crippen molar-refractivity contribution < 1.29 is 13.6 Å². The van der Waals surface area contributed by atoms with E-state index in [0.29, 0.717) is 22.1 Å².